The van der Waals surface area contributed by atoms with Gasteiger partial charge in [0.15, 0.2) is 11.7 Å². The van der Waals surface area contributed by atoms with Crippen molar-refractivity contribution >= 4 is 5.96 Å². The van der Waals surface area contributed by atoms with Gasteiger partial charge in [-0.05, 0) is 39.1 Å². The van der Waals surface area contributed by atoms with E-state index in [-0.39, 0.29) is 18.0 Å². The van der Waals surface area contributed by atoms with Gasteiger partial charge in [0.25, 0.3) is 0 Å². The Hall–Kier alpha value is -2.48. The van der Waals surface area contributed by atoms with E-state index in [9.17, 15) is 8.78 Å². The summed E-state index contributed by atoms with van der Waals surface area (Å²) in [5, 5.41) is 10.3. The van der Waals surface area contributed by atoms with Crippen molar-refractivity contribution in [1.29, 1.82) is 0 Å². The van der Waals surface area contributed by atoms with Gasteiger partial charge in [0.1, 0.15) is 18.2 Å². The Morgan fingerprint density at radius 2 is 1.89 bits per heavy atom. The molecule has 0 radical (unpaired) electrons. The molecule has 28 heavy (non-hydrogen) atoms. The minimum Gasteiger partial charge on any atom is -0.359 e. The van der Waals surface area contributed by atoms with Gasteiger partial charge in [-0.3, -0.25) is 0 Å². The molecule has 1 aromatic heterocycles. The lowest BCUT2D eigenvalue weighted by Gasteiger charge is -2.26. The molecule has 0 aliphatic carbocycles. The zero-order chi connectivity index (χ0) is 20.7. The predicted octanol–water partition coefficient (Wildman–Crippen LogP) is 3.43. The van der Waals surface area contributed by atoms with E-state index in [2.05, 4.69) is 20.8 Å². The topological polar surface area (TPSA) is 65.7 Å². The van der Waals surface area contributed by atoms with Crippen LogP contribution in [0.25, 0.3) is 0 Å². The van der Waals surface area contributed by atoms with Crippen LogP contribution in [0.2, 0.25) is 0 Å². The number of aromatic nitrogens is 1. The maximum absolute atomic E-state index is 14.2. The van der Waals surface area contributed by atoms with Crippen LogP contribution in [0.5, 0.6) is 0 Å². The highest BCUT2D eigenvalue weighted by Gasteiger charge is 2.22. The van der Waals surface area contributed by atoms with Gasteiger partial charge in [-0.1, -0.05) is 25.1 Å². The molecule has 2 aromatic rings. The van der Waals surface area contributed by atoms with E-state index >= 15 is 0 Å². The molecular formula is C20H29F2N5O. The predicted molar refractivity (Wildman–Crippen MR) is 106 cm³/mol. The molecule has 6 nitrogen and oxygen atoms in total. The van der Waals surface area contributed by atoms with Crippen LogP contribution in [-0.4, -0.2) is 43.2 Å². The van der Waals surface area contributed by atoms with Crippen molar-refractivity contribution in [2.45, 2.75) is 39.3 Å². The first-order chi connectivity index (χ1) is 13.3. The summed E-state index contributed by atoms with van der Waals surface area (Å²) in [7, 11) is 3.56. The van der Waals surface area contributed by atoms with Crippen LogP contribution in [-0.2, 0) is 6.54 Å². The summed E-state index contributed by atoms with van der Waals surface area (Å²) >= 11 is 0. The lowest BCUT2D eigenvalue weighted by molar-refractivity contribution is 0.282. The van der Waals surface area contributed by atoms with Crippen LogP contribution in [0.4, 0.5) is 8.78 Å². The second-order valence-electron chi connectivity index (χ2n) is 7.06. The first kappa shape index (κ1) is 21.8. The maximum atomic E-state index is 14.2. The van der Waals surface area contributed by atoms with Crippen molar-refractivity contribution in [3.63, 3.8) is 0 Å². The summed E-state index contributed by atoms with van der Waals surface area (Å²) in [6.45, 7) is 7.28. The minimum absolute atomic E-state index is 0.0349. The van der Waals surface area contributed by atoms with Crippen molar-refractivity contribution in [2.75, 3.05) is 27.2 Å². The Morgan fingerprint density at radius 3 is 2.43 bits per heavy atom. The number of hydrogen-bond acceptors (Lipinski definition) is 4. The molecule has 0 fully saturated rings. The van der Waals surface area contributed by atoms with Crippen molar-refractivity contribution < 1.29 is 13.3 Å². The molecule has 1 atom stereocenters. The van der Waals surface area contributed by atoms with E-state index < -0.39 is 17.7 Å². The van der Waals surface area contributed by atoms with Crippen molar-refractivity contribution in [3.8, 4) is 0 Å². The number of hydrogen-bond donors (Lipinski definition) is 2. The average Bonchev–Trinajstić information content (AvgIpc) is 3.11. The van der Waals surface area contributed by atoms with Gasteiger partial charge in [0.05, 0.1) is 11.7 Å². The zero-order valence-electron chi connectivity index (χ0n) is 17.1. The van der Waals surface area contributed by atoms with Gasteiger partial charge >= 0.3 is 0 Å². The molecule has 0 bridgehead atoms. The molecule has 2 N–H and O–H groups in total. The van der Waals surface area contributed by atoms with Crippen LogP contribution in [0.15, 0.2) is 33.8 Å². The van der Waals surface area contributed by atoms with Gasteiger partial charge < -0.3 is 20.1 Å². The molecule has 2 rings (SSSR count). The first-order valence-corrected chi connectivity index (χ1v) is 9.41. The molecule has 1 unspecified atom stereocenters. The second kappa shape index (κ2) is 10.2. The van der Waals surface area contributed by atoms with E-state index in [0.29, 0.717) is 24.8 Å². The number of aliphatic imine (C=N–C) groups is 1. The summed E-state index contributed by atoms with van der Waals surface area (Å²) in [5.41, 5.74) is 0.915. The number of rotatable bonds is 8. The lowest BCUT2D eigenvalue weighted by Crippen LogP contribution is -2.42. The third-order valence-corrected chi connectivity index (χ3v) is 4.33. The third kappa shape index (κ3) is 5.76. The lowest BCUT2D eigenvalue weighted by atomic mass is 10.0. The fourth-order valence-electron chi connectivity index (χ4n) is 2.74. The summed E-state index contributed by atoms with van der Waals surface area (Å²) in [4.78, 5) is 6.25. The summed E-state index contributed by atoms with van der Waals surface area (Å²) in [6.07, 6.45) is 0. The molecule has 0 aliphatic rings. The number of nitrogens with zero attached hydrogens (tertiary/aromatic N) is 3. The van der Waals surface area contributed by atoms with Crippen LogP contribution in [0, 0.1) is 11.6 Å². The highest BCUT2D eigenvalue weighted by molar-refractivity contribution is 5.79. The van der Waals surface area contributed by atoms with Crippen LogP contribution in [0.3, 0.4) is 0 Å². The third-order valence-electron chi connectivity index (χ3n) is 4.33. The second-order valence-corrected chi connectivity index (χ2v) is 7.06. The molecule has 1 heterocycles. The van der Waals surface area contributed by atoms with E-state index in [0.717, 1.165) is 5.69 Å². The number of likely N-dealkylation sites (N-methyl/N-ethyl adjacent to an activating group) is 1. The van der Waals surface area contributed by atoms with E-state index in [1.165, 1.54) is 18.2 Å². The Balaban J connectivity index is 2.11. The first-order valence-electron chi connectivity index (χ1n) is 9.41. The number of halogens is 2. The number of nitrogens with one attached hydrogen (secondary N) is 2. The summed E-state index contributed by atoms with van der Waals surface area (Å²) in [6, 6.07) is 5.29. The Morgan fingerprint density at radius 1 is 1.21 bits per heavy atom. The van der Waals surface area contributed by atoms with E-state index in [1.807, 2.05) is 26.8 Å². The van der Waals surface area contributed by atoms with Gasteiger partial charge in [-0.25, -0.2) is 13.8 Å². The average molecular weight is 393 g/mol. The number of benzene rings is 1. The molecule has 8 heteroatoms. The van der Waals surface area contributed by atoms with Crippen LogP contribution in [0.1, 0.15) is 49.7 Å². The molecule has 0 saturated carbocycles. The van der Waals surface area contributed by atoms with Gasteiger partial charge in [0, 0.05) is 24.7 Å². The summed E-state index contributed by atoms with van der Waals surface area (Å²) < 4.78 is 33.7. The quantitative estimate of drug-likeness (QED) is 0.531. The fourth-order valence-corrected chi connectivity index (χ4v) is 2.74. The largest absolute Gasteiger partial charge is 0.359 e. The van der Waals surface area contributed by atoms with Crippen molar-refractivity contribution in [1.82, 2.24) is 20.7 Å². The van der Waals surface area contributed by atoms with E-state index in [1.54, 1.807) is 19.0 Å². The SMILES string of the molecule is CCNC(=NCc1cc(C(C)C)no1)NCC(c1c(F)cccc1F)N(C)C. The Bertz CT molecular complexity index is 768. The van der Waals surface area contributed by atoms with Crippen LogP contribution < -0.4 is 10.6 Å². The van der Waals surface area contributed by atoms with Gasteiger partial charge in [-0.2, -0.15) is 0 Å². The Kier molecular flexibility index (Phi) is 7.92. The fraction of sp³-hybridized carbons (Fsp3) is 0.500. The maximum Gasteiger partial charge on any atom is 0.191 e. The molecule has 0 amide bonds. The molecule has 1 aromatic carbocycles. The van der Waals surface area contributed by atoms with E-state index in [4.69, 9.17) is 4.52 Å². The minimum atomic E-state index is -0.565. The van der Waals surface area contributed by atoms with Crippen LogP contribution >= 0.6 is 0 Å². The van der Waals surface area contributed by atoms with Crippen molar-refractivity contribution in [3.05, 3.63) is 52.9 Å². The normalized spacial score (nSPS) is 13.2. The standard InChI is InChI=1S/C20H29F2N5O/c1-6-23-20(24-11-14-10-17(13(2)3)26-28-14)25-12-18(27(4)5)19-15(21)8-7-9-16(19)22/h7-10,13,18H,6,11-12H2,1-5H3,(H2,23,24,25). The zero-order valence-corrected chi connectivity index (χ0v) is 17.1. The molecule has 0 saturated heterocycles. The highest BCUT2D eigenvalue weighted by atomic mass is 19.1. The Labute approximate surface area is 165 Å². The summed E-state index contributed by atoms with van der Waals surface area (Å²) in [5.74, 6) is 0.346. The van der Waals surface area contributed by atoms with Gasteiger partial charge in [-0.15, -0.1) is 0 Å². The molecular weight excluding hydrogens is 364 g/mol. The monoisotopic (exact) mass is 393 g/mol. The van der Waals surface area contributed by atoms with Gasteiger partial charge in [0.2, 0.25) is 0 Å². The molecule has 154 valence electrons. The molecule has 0 spiro atoms. The molecule has 0 aliphatic heterocycles. The van der Waals surface area contributed by atoms with Crippen molar-refractivity contribution in [2.24, 2.45) is 4.99 Å². The highest BCUT2D eigenvalue weighted by Crippen LogP contribution is 2.23. The smallest absolute Gasteiger partial charge is 0.191 e. The number of guanidine groups is 1.